The van der Waals surface area contributed by atoms with Gasteiger partial charge in [-0.25, -0.2) is 0 Å². The monoisotopic (exact) mass is 189 g/mol. The Morgan fingerprint density at radius 3 is 2.14 bits per heavy atom. The Morgan fingerprint density at radius 1 is 1.21 bits per heavy atom. The Morgan fingerprint density at radius 2 is 1.71 bits per heavy atom. The van der Waals surface area contributed by atoms with E-state index < -0.39 is 5.60 Å². The Bertz CT molecular complexity index is 327. The third-order valence-corrected chi connectivity index (χ3v) is 1.94. The Hall–Kier alpha value is -1.33. The Kier molecular flexibility index (Phi) is 3.27. The molecule has 0 saturated carbocycles. The number of nitrogens with zero attached hydrogens (tertiary/aromatic N) is 1. The average Bonchev–Trinajstić information content (AvgIpc) is 2.06. The summed E-state index contributed by atoms with van der Waals surface area (Å²) in [5.41, 5.74) is 1.45. The van der Waals surface area contributed by atoms with Crippen LogP contribution in [0.1, 0.15) is 25.0 Å². The second-order valence-corrected chi connectivity index (χ2v) is 4.14. The molecule has 0 unspecified atom stereocenters. The molecule has 0 saturated heterocycles. The van der Waals surface area contributed by atoms with Crippen LogP contribution in [0.2, 0.25) is 0 Å². The van der Waals surface area contributed by atoms with Gasteiger partial charge in [-0.1, -0.05) is 24.3 Å². The van der Waals surface area contributed by atoms with Gasteiger partial charge >= 0.3 is 0 Å². The quantitative estimate of drug-likeness (QED) is 0.791. The van der Waals surface area contributed by atoms with Crippen molar-refractivity contribution in [2.45, 2.75) is 32.3 Å². The van der Waals surface area contributed by atoms with Crippen molar-refractivity contribution in [1.82, 2.24) is 0 Å². The molecule has 0 fully saturated rings. The molecule has 1 aromatic carbocycles. The van der Waals surface area contributed by atoms with E-state index in [0.717, 1.165) is 11.1 Å². The van der Waals surface area contributed by atoms with Crippen molar-refractivity contribution in [1.29, 1.82) is 5.26 Å². The molecule has 2 nitrogen and oxygen atoms in total. The Balaban J connectivity index is 2.70. The summed E-state index contributed by atoms with van der Waals surface area (Å²) in [7, 11) is 0. The van der Waals surface area contributed by atoms with Crippen molar-refractivity contribution in [3.63, 3.8) is 0 Å². The first-order valence-electron chi connectivity index (χ1n) is 4.68. The van der Waals surface area contributed by atoms with Gasteiger partial charge in [0.1, 0.15) is 0 Å². The van der Waals surface area contributed by atoms with Crippen molar-refractivity contribution < 1.29 is 5.11 Å². The van der Waals surface area contributed by atoms with Gasteiger partial charge in [0.05, 0.1) is 18.1 Å². The van der Waals surface area contributed by atoms with Crippen molar-refractivity contribution in [2.75, 3.05) is 0 Å². The minimum absolute atomic E-state index is 0.447. The summed E-state index contributed by atoms with van der Waals surface area (Å²) >= 11 is 0. The molecule has 74 valence electrons. The first-order chi connectivity index (χ1) is 6.51. The van der Waals surface area contributed by atoms with Crippen molar-refractivity contribution >= 4 is 0 Å². The van der Waals surface area contributed by atoms with Crippen LogP contribution in [0.25, 0.3) is 0 Å². The van der Waals surface area contributed by atoms with E-state index in [1.807, 2.05) is 24.3 Å². The van der Waals surface area contributed by atoms with Gasteiger partial charge in [0, 0.05) is 6.42 Å². The molecule has 0 aliphatic carbocycles. The van der Waals surface area contributed by atoms with Gasteiger partial charge in [0.25, 0.3) is 0 Å². The van der Waals surface area contributed by atoms with E-state index in [1.165, 1.54) is 0 Å². The van der Waals surface area contributed by atoms with Crippen LogP contribution in [-0.4, -0.2) is 10.7 Å². The van der Waals surface area contributed by atoms with Gasteiger partial charge in [-0.05, 0) is 25.0 Å². The van der Waals surface area contributed by atoms with Gasteiger partial charge in [0.15, 0.2) is 0 Å². The lowest BCUT2D eigenvalue weighted by atomic mass is 9.98. The number of benzene rings is 1. The molecule has 0 spiro atoms. The predicted octanol–water partition coefficient (Wildman–Crippen LogP) is 2.07. The van der Waals surface area contributed by atoms with Crippen LogP contribution >= 0.6 is 0 Å². The van der Waals surface area contributed by atoms with Gasteiger partial charge in [0.2, 0.25) is 0 Å². The number of nitriles is 1. The molecule has 2 heteroatoms. The smallest absolute Gasteiger partial charge is 0.0669 e. The van der Waals surface area contributed by atoms with E-state index in [9.17, 15) is 5.11 Å². The minimum Gasteiger partial charge on any atom is -0.390 e. The van der Waals surface area contributed by atoms with Crippen LogP contribution in [0.3, 0.4) is 0 Å². The molecule has 0 aromatic heterocycles. The van der Waals surface area contributed by atoms with E-state index in [0.29, 0.717) is 12.8 Å². The standard InChI is InChI=1S/C12H15NO/c1-12(2,14)9-11-5-3-10(4-6-11)7-8-13/h3-6,14H,7,9H2,1-2H3. The summed E-state index contributed by atoms with van der Waals surface area (Å²) in [6.45, 7) is 3.58. The van der Waals surface area contributed by atoms with Crippen LogP contribution in [0.15, 0.2) is 24.3 Å². The van der Waals surface area contributed by atoms with Crippen molar-refractivity contribution in [3.8, 4) is 6.07 Å². The van der Waals surface area contributed by atoms with Crippen molar-refractivity contribution in [3.05, 3.63) is 35.4 Å². The van der Waals surface area contributed by atoms with Crippen LogP contribution in [0.4, 0.5) is 0 Å². The zero-order valence-corrected chi connectivity index (χ0v) is 8.62. The second kappa shape index (κ2) is 4.26. The molecule has 0 radical (unpaired) electrons. The molecule has 0 bridgehead atoms. The van der Waals surface area contributed by atoms with E-state index in [2.05, 4.69) is 6.07 Å². The zero-order chi connectivity index (χ0) is 10.6. The lowest BCUT2D eigenvalue weighted by molar-refractivity contribution is 0.0810. The highest BCUT2D eigenvalue weighted by atomic mass is 16.3. The van der Waals surface area contributed by atoms with E-state index >= 15 is 0 Å². The largest absolute Gasteiger partial charge is 0.390 e. The molecule has 0 heterocycles. The van der Waals surface area contributed by atoms with E-state index in [1.54, 1.807) is 13.8 Å². The summed E-state index contributed by atoms with van der Waals surface area (Å²) in [4.78, 5) is 0. The summed E-state index contributed by atoms with van der Waals surface area (Å²) in [5.74, 6) is 0. The van der Waals surface area contributed by atoms with Crippen LogP contribution in [-0.2, 0) is 12.8 Å². The summed E-state index contributed by atoms with van der Waals surface area (Å²) in [5, 5.41) is 18.1. The molecule has 0 aliphatic rings. The SMILES string of the molecule is CC(C)(O)Cc1ccc(CC#N)cc1. The highest BCUT2D eigenvalue weighted by Gasteiger charge is 2.12. The number of aliphatic hydroxyl groups is 1. The maximum absolute atomic E-state index is 9.59. The average molecular weight is 189 g/mol. The zero-order valence-electron chi connectivity index (χ0n) is 8.62. The fourth-order valence-corrected chi connectivity index (χ4v) is 1.37. The van der Waals surface area contributed by atoms with Crippen LogP contribution in [0, 0.1) is 11.3 Å². The van der Waals surface area contributed by atoms with Gasteiger partial charge in [-0.3, -0.25) is 0 Å². The third-order valence-electron chi connectivity index (χ3n) is 1.94. The third kappa shape index (κ3) is 3.59. The molecular formula is C12H15NO. The van der Waals surface area contributed by atoms with Crippen molar-refractivity contribution in [2.24, 2.45) is 0 Å². The minimum atomic E-state index is -0.670. The van der Waals surface area contributed by atoms with Gasteiger partial charge < -0.3 is 5.11 Å². The van der Waals surface area contributed by atoms with Gasteiger partial charge in [-0.2, -0.15) is 5.26 Å². The van der Waals surface area contributed by atoms with Crippen LogP contribution < -0.4 is 0 Å². The normalized spacial score (nSPS) is 11.0. The molecule has 0 aliphatic heterocycles. The molecule has 14 heavy (non-hydrogen) atoms. The maximum Gasteiger partial charge on any atom is 0.0669 e. The van der Waals surface area contributed by atoms with E-state index in [-0.39, 0.29) is 0 Å². The number of hydrogen-bond donors (Lipinski definition) is 1. The van der Waals surface area contributed by atoms with Gasteiger partial charge in [-0.15, -0.1) is 0 Å². The fourth-order valence-electron chi connectivity index (χ4n) is 1.37. The lowest BCUT2D eigenvalue weighted by Crippen LogP contribution is -2.21. The first kappa shape index (κ1) is 10.7. The summed E-state index contributed by atoms with van der Waals surface area (Å²) in [6, 6.07) is 9.90. The lowest BCUT2D eigenvalue weighted by Gasteiger charge is -2.16. The Labute approximate surface area is 84.8 Å². The molecule has 1 aromatic rings. The fraction of sp³-hybridized carbons (Fsp3) is 0.417. The number of hydrogen-bond acceptors (Lipinski definition) is 2. The number of rotatable bonds is 3. The molecule has 0 atom stereocenters. The highest BCUT2D eigenvalue weighted by Crippen LogP contribution is 2.13. The highest BCUT2D eigenvalue weighted by molar-refractivity contribution is 5.25. The predicted molar refractivity (Wildman–Crippen MR) is 55.8 cm³/mol. The molecule has 0 amide bonds. The molecule has 1 rings (SSSR count). The topological polar surface area (TPSA) is 44.0 Å². The molecular weight excluding hydrogens is 174 g/mol. The maximum atomic E-state index is 9.59. The second-order valence-electron chi connectivity index (χ2n) is 4.14. The van der Waals surface area contributed by atoms with E-state index in [4.69, 9.17) is 5.26 Å². The molecule has 1 N–H and O–H groups in total. The summed E-state index contributed by atoms with van der Waals surface area (Å²) < 4.78 is 0. The van der Waals surface area contributed by atoms with Crippen LogP contribution in [0.5, 0.6) is 0 Å². The first-order valence-corrected chi connectivity index (χ1v) is 4.68. The summed E-state index contributed by atoms with van der Waals surface area (Å²) in [6.07, 6.45) is 1.09.